The second-order valence-electron chi connectivity index (χ2n) is 3.93. The van der Waals surface area contributed by atoms with Crippen molar-refractivity contribution in [3.63, 3.8) is 0 Å². The first-order valence-electron chi connectivity index (χ1n) is 5.23. The summed E-state index contributed by atoms with van der Waals surface area (Å²) in [5.41, 5.74) is 5.22. The molecule has 1 aliphatic rings. The first-order valence-corrected chi connectivity index (χ1v) is 5.23. The molecule has 0 saturated carbocycles. The molecule has 1 atom stereocenters. The summed E-state index contributed by atoms with van der Waals surface area (Å²) in [6, 6.07) is 0. The molecule has 3 nitrogen and oxygen atoms in total. The molecule has 0 spiro atoms. The number of carbonyl (C=O) groups is 1. The van der Waals surface area contributed by atoms with E-state index in [-0.39, 0.29) is 5.91 Å². The van der Waals surface area contributed by atoms with Crippen LogP contribution in [0, 0.1) is 11.8 Å². The maximum atomic E-state index is 10.8. The Balaban J connectivity index is 2.39. The minimum absolute atomic E-state index is 0.148. The molecule has 0 radical (unpaired) electrons. The Morgan fingerprint density at radius 1 is 1.54 bits per heavy atom. The van der Waals surface area contributed by atoms with Gasteiger partial charge in [0.05, 0.1) is 0 Å². The number of amides is 1. The highest BCUT2D eigenvalue weighted by molar-refractivity contribution is 5.74. The Morgan fingerprint density at radius 3 is 2.62 bits per heavy atom. The van der Waals surface area contributed by atoms with E-state index in [1.165, 1.54) is 12.8 Å². The van der Waals surface area contributed by atoms with Gasteiger partial charge in [-0.15, -0.1) is 0 Å². The van der Waals surface area contributed by atoms with Crippen LogP contribution in [-0.4, -0.2) is 19.0 Å². The van der Waals surface area contributed by atoms with E-state index >= 15 is 0 Å². The smallest absolute Gasteiger partial charge is 0.217 e. The van der Waals surface area contributed by atoms with Crippen molar-refractivity contribution in [3.05, 3.63) is 0 Å². The van der Waals surface area contributed by atoms with Crippen LogP contribution >= 0.6 is 0 Å². The number of hydrogen-bond donors (Lipinski definition) is 2. The molecule has 76 valence electrons. The van der Waals surface area contributed by atoms with Crippen LogP contribution in [0.15, 0.2) is 0 Å². The fourth-order valence-electron chi connectivity index (χ4n) is 2.22. The third-order valence-electron chi connectivity index (χ3n) is 3.04. The maximum Gasteiger partial charge on any atom is 0.217 e. The Morgan fingerprint density at radius 2 is 2.15 bits per heavy atom. The van der Waals surface area contributed by atoms with Crippen molar-refractivity contribution in [3.8, 4) is 0 Å². The molecule has 1 unspecified atom stereocenters. The minimum atomic E-state index is -0.148. The van der Waals surface area contributed by atoms with Gasteiger partial charge in [0.1, 0.15) is 0 Å². The lowest BCUT2D eigenvalue weighted by Gasteiger charge is -2.29. The molecule has 0 aromatic carbocycles. The van der Waals surface area contributed by atoms with E-state index in [1.54, 1.807) is 0 Å². The molecular formula is C10H20N2O. The van der Waals surface area contributed by atoms with E-state index in [9.17, 15) is 4.79 Å². The van der Waals surface area contributed by atoms with Gasteiger partial charge in [-0.3, -0.25) is 4.79 Å². The SMILES string of the molecule is CCC(CC(N)=O)C1CCNCC1. The number of rotatable bonds is 4. The highest BCUT2D eigenvalue weighted by atomic mass is 16.1. The Kier molecular flexibility index (Phi) is 4.22. The number of nitrogens with one attached hydrogen (secondary N) is 1. The number of hydrogen-bond acceptors (Lipinski definition) is 2. The summed E-state index contributed by atoms with van der Waals surface area (Å²) in [6.45, 7) is 4.34. The van der Waals surface area contributed by atoms with Crippen molar-refractivity contribution in [2.45, 2.75) is 32.6 Å². The predicted molar refractivity (Wildman–Crippen MR) is 53.2 cm³/mol. The van der Waals surface area contributed by atoms with Gasteiger partial charge in [0.15, 0.2) is 0 Å². The Bertz CT molecular complexity index is 164. The molecule has 3 heteroatoms. The van der Waals surface area contributed by atoms with Crippen LogP contribution in [0.1, 0.15) is 32.6 Å². The van der Waals surface area contributed by atoms with Crippen LogP contribution < -0.4 is 11.1 Å². The van der Waals surface area contributed by atoms with Gasteiger partial charge in [-0.05, 0) is 37.8 Å². The van der Waals surface area contributed by atoms with Crippen LogP contribution in [0.3, 0.4) is 0 Å². The molecular weight excluding hydrogens is 164 g/mol. The standard InChI is InChI=1S/C10H20N2O/c1-2-8(7-10(11)13)9-3-5-12-6-4-9/h8-9,12H,2-7H2,1H3,(H2,11,13). The van der Waals surface area contributed by atoms with Gasteiger partial charge in [0.25, 0.3) is 0 Å². The van der Waals surface area contributed by atoms with E-state index in [1.807, 2.05) is 0 Å². The monoisotopic (exact) mass is 184 g/mol. The van der Waals surface area contributed by atoms with Crippen molar-refractivity contribution < 1.29 is 4.79 Å². The van der Waals surface area contributed by atoms with Crippen molar-refractivity contribution in [1.82, 2.24) is 5.32 Å². The maximum absolute atomic E-state index is 10.8. The molecule has 0 aromatic rings. The lowest BCUT2D eigenvalue weighted by Crippen LogP contribution is -2.33. The van der Waals surface area contributed by atoms with Crippen molar-refractivity contribution in [1.29, 1.82) is 0 Å². The highest BCUT2D eigenvalue weighted by Gasteiger charge is 2.23. The molecule has 1 aliphatic heterocycles. The number of carbonyl (C=O) groups excluding carboxylic acids is 1. The van der Waals surface area contributed by atoms with E-state index in [0.717, 1.165) is 19.5 Å². The molecule has 13 heavy (non-hydrogen) atoms. The zero-order chi connectivity index (χ0) is 9.68. The summed E-state index contributed by atoms with van der Waals surface area (Å²) in [6.07, 6.45) is 4.05. The Hall–Kier alpha value is -0.570. The Labute approximate surface area is 80.1 Å². The lowest BCUT2D eigenvalue weighted by molar-refractivity contribution is -0.119. The van der Waals surface area contributed by atoms with Gasteiger partial charge in [0, 0.05) is 6.42 Å². The van der Waals surface area contributed by atoms with Crippen LogP contribution in [0.5, 0.6) is 0 Å². The predicted octanol–water partition coefficient (Wildman–Crippen LogP) is 0.888. The summed E-state index contributed by atoms with van der Waals surface area (Å²) in [5, 5.41) is 3.33. The van der Waals surface area contributed by atoms with E-state index < -0.39 is 0 Å². The van der Waals surface area contributed by atoms with E-state index in [4.69, 9.17) is 5.73 Å². The molecule has 0 aliphatic carbocycles. The number of piperidine rings is 1. The van der Waals surface area contributed by atoms with Crippen LogP contribution in [0.4, 0.5) is 0 Å². The quantitative estimate of drug-likeness (QED) is 0.681. The molecule has 1 saturated heterocycles. The van der Waals surface area contributed by atoms with Gasteiger partial charge in [-0.1, -0.05) is 13.3 Å². The first kappa shape index (κ1) is 10.5. The summed E-state index contributed by atoms with van der Waals surface area (Å²) >= 11 is 0. The van der Waals surface area contributed by atoms with Crippen LogP contribution in [0.2, 0.25) is 0 Å². The summed E-state index contributed by atoms with van der Waals surface area (Å²) in [5.74, 6) is 1.07. The normalized spacial score (nSPS) is 21.3. The summed E-state index contributed by atoms with van der Waals surface area (Å²) in [4.78, 5) is 10.8. The molecule has 0 bridgehead atoms. The minimum Gasteiger partial charge on any atom is -0.370 e. The van der Waals surface area contributed by atoms with Crippen LogP contribution in [-0.2, 0) is 4.79 Å². The average molecular weight is 184 g/mol. The largest absolute Gasteiger partial charge is 0.370 e. The zero-order valence-electron chi connectivity index (χ0n) is 8.38. The van der Waals surface area contributed by atoms with Crippen molar-refractivity contribution in [2.75, 3.05) is 13.1 Å². The van der Waals surface area contributed by atoms with Gasteiger partial charge < -0.3 is 11.1 Å². The third-order valence-corrected chi connectivity index (χ3v) is 3.04. The van der Waals surface area contributed by atoms with E-state index in [0.29, 0.717) is 18.3 Å². The third kappa shape index (κ3) is 3.35. The van der Waals surface area contributed by atoms with Crippen molar-refractivity contribution in [2.24, 2.45) is 17.6 Å². The second kappa shape index (κ2) is 5.22. The molecule has 1 heterocycles. The first-order chi connectivity index (χ1) is 6.24. The van der Waals surface area contributed by atoms with Gasteiger partial charge in [0.2, 0.25) is 5.91 Å². The van der Waals surface area contributed by atoms with E-state index in [2.05, 4.69) is 12.2 Å². The topological polar surface area (TPSA) is 55.1 Å². The lowest BCUT2D eigenvalue weighted by atomic mass is 9.81. The molecule has 1 fully saturated rings. The summed E-state index contributed by atoms with van der Waals surface area (Å²) < 4.78 is 0. The average Bonchev–Trinajstić information content (AvgIpc) is 2.15. The number of primary amides is 1. The second-order valence-corrected chi connectivity index (χ2v) is 3.93. The van der Waals surface area contributed by atoms with Gasteiger partial charge in [-0.25, -0.2) is 0 Å². The summed E-state index contributed by atoms with van der Waals surface area (Å²) in [7, 11) is 0. The van der Waals surface area contributed by atoms with Gasteiger partial charge in [-0.2, -0.15) is 0 Å². The fourth-order valence-corrected chi connectivity index (χ4v) is 2.22. The number of nitrogens with two attached hydrogens (primary N) is 1. The highest BCUT2D eigenvalue weighted by Crippen LogP contribution is 2.26. The zero-order valence-corrected chi connectivity index (χ0v) is 8.38. The van der Waals surface area contributed by atoms with Crippen LogP contribution in [0.25, 0.3) is 0 Å². The molecule has 1 amide bonds. The molecule has 1 rings (SSSR count). The van der Waals surface area contributed by atoms with Crippen molar-refractivity contribution >= 4 is 5.91 Å². The molecule has 3 N–H and O–H groups in total. The fraction of sp³-hybridized carbons (Fsp3) is 0.900. The molecule has 0 aromatic heterocycles. The van der Waals surface area contributed by atoms with Gasteiger partial charge >= 0.3 is 0 Å².